The summed E-state index contributed by atoms with van der Waals surface area (Å²) in [6.45, 7) is 0.848. The first kappa shape index (κ1) is 9.85. The Morgan fingerprint density at radius 3 is 3.06 bits per heavy atom. The minimum absolute atomic E-state index is 0.0145. The molecule has 2 atom stereocenters. The zero-order valence-electron chi connectivity index (χ0n) is 9.11. The van der Waals surface area contributed by atoms with Crippen LogP contribution in [0, 0.1) is 0 Å². The maximum absolute atomic E-state index is 11.9. The van der Waals surface area contributed by atoms with Crippen molar-refractivity contribution < 1.29 is 9.53 Å². The third kappa shape index (κ3) is 1.61. The van der Waals surface area contributed by atoms with Crippen molar-refractivity contribution in [2.75, 3.05) is 11.9 Å². The van der Waals surface area contributed by atoms with Crippen LogP contribution < -0.4 is 5.32 Å². The largest absolute Gasteiger partial charge is 0.378 e. The first-order chi connectivity index (χ1) is 7.84. The van der Waals surface area contributed by atoms with E-state index in [1.165, 1.54) is 0 Å². The van der Waals surface area contributed by atoms with Crippen molar-refractivity contribution in [2.24, 2.45) is 0 Å². The molecule has 0 aromatic heterocycles. The molecule has 84 valence electrons. The van der Waals surface area contributed by atoms with Crippen LogP contribution in [0.1, 0.15) is 30.7 Å². The van der Waals surface area contributed by atoms with E-state index in [1.807, 2.05) is 24.3 Å². The standard InChI is InChI=1S/C13H15NO2/c15-13-11(8-9-4-3-7-16-9)10-5-1-2-6-12(10)14-13/h1-2,5-6,9,11H,3-4,7-8H2,(H,14,15). The number of amides is 1. The number of anilines is 1. The van der Waals surface area contributed by atoms with Gasteiger partial charge in [0.1, 0.15) is 0 Å². The molecular formula is C13H15NO2. The average Bonchev–Trinajstić information content (AvgIpc) is 2.89. The van der Waals surface area contributed by atoms with Gasteiger partial charge in [0.25, 0.3) is 0 Å². The molecule has 3 heteroatoms. The van der Waals surface area contributed by atoms with E-state index in [9.17, 15) is 4.79 Å². The van der Waals surface area contributed by atoms with Gasteiger partial charge in [-0.1, -0.05) is 18.2 Å². The molecule has 2 unspecified atom stereocenters. The summed E-state index contributed by atoms with van der Waals surface area (Å²) in [6.07, 6.45) is 3.30. The van der Waals surface area contributed by atoms with Crippen molar-refractivity contribution in [1.29, 1.82) is 0 Å². The van der Waals surface area contributed by atoms with Gasteiger partial charge in [0, 0.05) is 12.3 Å². The Balaban J connectivity index is 1.81. The molecule has 2 aliphatic rings. The molecule has 1 fully saturated rings. The summed E-state index contributed by atoms with van der Waals surface area (Å²) in [4.78, 5) is 11.9. The molecule has 0 bridgehead atoms. The molecule has 0 saturated carbocycles. The van der Waals surface area contributed by atoms with E-state index in [1.54, 1.807) is 0 Å². The van der Waals surface area contributed by atoms with Gasteiger partial charge < -0.3 is 10.1 Å². The molecule has 3 nitrogen and oxygen atoms in total. The van der Waals surface area contributed by atoms with E-state index in [0.29, 0.717) is 0 Å². The summed E-state index contributed by atoms with van der Waals surface area (Å²) in [6, 6.07) is 7.94. The molecule has 1 aromatic rings. The van der Waals surface area contributed by atoms with Gasteiger partial charge >= 0.3 is 0 Å². The fourth-order valence-electron chi connectivity index (χ4n) is 2.60. The van der Waals surface area contributed by atoms with Crippen molar-refractivity contribution >= 4 is 11.6 Å². The minimum atomic E-state index is -0.0145. The van der Waals surface area contributed by atoms with Gasteiger partial charge in [-0.05, 0) is 30.9 Å². The van der Waals surface area contributed by atoms with Gasteiger partial charge in [-0.15, -0.1) is 0 Å². The second-order valence-corrected chi connectivity index (χ2v) is 4.50. The molecule has 1 aromatic carbocycles. The van der Waals surface area contributed by atoms with Crippen LogP contribution in [-0.4, -0.2) is 18.6 Å². The van der Waals surface area contributed by atoms with E-state index in [0.717, 1.165) is 37.1 Å². The van der Waals surface area contributed by atoms with E-state index < -0.39 is 0 Å². The van der Waals surface area contributed by atoms with Gasteiger partial charge in [0.15, 0.2) is 0 Å². The third-order valence-electron chi connectivity index (χ3n) is 3.43. The smallest absolute Gasteiger partial charge is 0.232 e. The lowest BCUT2D eigenvalue weighted by atomic mass is 9.93. The number of fused-ring (bicyclic) bond motifs is 1. The van der Waals surface area contributed by atoms with Crippen molar-refractivity contribution in [3.8, 4) is 0 Å². The fraction of sp³-hybridized carbons (Fsp3) is 0.462. The van der Waals surface area contributed by atoms with Crippen molar-refractivity contribution in [1.82, 2.24) is 0 Å². The predicted molar refractivity (Wildman–Crippen MR) is 61.4 cm³/mol. The van der Waals surface area contributed by atoms with Crippen LogP contribution >= 0.6 is 0 Å². The van der Waals surface area contributed by atoms with E-state index >= 15 is 0 Å². The number of para-hydroxylation sites is 1. The predicted octanol–water partition coefficient (Wildman–Crippen LogP) is 2.29. The van der Waals surface area contributed by atoms with Crippen LogP contribution in [0.3, 0.4) is 0 Å². The fourth-order valence-corrected chi connectivity index (χ4v) is 2.60. The van der Waals surface area contributed by atoms with Crippen LogP contribution in [-0.2, 0) is 9.53 Å². The van der Waals surface area contributed by atoms with Crippen LogP contribution in [0.25, 0.3) is 0 Å². The zero-order valence-corrected chi connectivity index (χ0v) is 9.11. The number of carbonyl (C=O) groups is 1. The maximum atomic E-state index is 11.9. The average molecular weight is 217 g/mol. The summed E-state index contributed by atoms with van der Waals surface area (Å²) in [5.41, 5.74) is 2.10. The van der Waals surface area contributed by atoms with Crippen LogP contribution in [0.2, 0.25) is 0 Å². The number of nitrogens with one attached hydrogen (secondary N) is 1. The first-order valence-corrected chi connectivity index (χ1v) is 5.86. The Morgan fingerprint density at radius 1 is 1.38 bits per heavy atom. The number of carbonyl (C=O) groups excluding carboxylic acids is 1. The van der Waals surface area contributed by atoms with Gasteiger partial charge in [-0.3, -0.25) is 4.79 Å². The summed E-state index contributed by atoms with van der Waals surface area (Å²) < 4.78 is 5.60. The Kier molecular flexibility index (Phi) is 2.40. The van der Waals surface area contributed by atoms with Crippen molar-refractivity contribution in [3.63, 3.8) is 0 Å². The lowest BCUT2D eigenvalue weighted by Crippen LogP contribution is -2.18. The van der Waals surface area contributed by atoms with Crippen LogP contribution in [0.5, 0.6) is 0 Å². The van der Waals surface area contributed by atoms with Crippen LogP contribution in [0.15, 0.2) is 24.3 Å². The Bertz CT molecular complexity index is 410. The van der Waals surface area contributed by atoms with E-state index in [2.05, 4.69) is 5.32 Å². The molecule has 3 rings (SSSR count). The second kappa shape index (κ2) is 3.91. The molecule has 0 radical (unpaired) electrons. The van der Waals surface area contributed by atoms with Gasteiger partial charge in [-0.2, -0.15) is 0 Å². The quantitative estimate of drug-likeness (QED) is 0.825. The highest BCUT2D eigenvalue weighted by Crippen LogP contribution is 2.36. The molecule has 2 heterocycles. The number of ether oxygens (including phenoxy) is 1. The van der Waals surface area contributed by atoms with Gasteiger partial charge in [-0.25, -0.2) is 0 Å². The summed E-state index contributed by atoms with van der Waals surface area (Å²) in [7, 11) is 0. The number of rotatable bonds is 2. The molecule has 0 spiro atoms. The molecule has 1 saturated heterocycles. The van der Waals surface area contributed by atoms with Crippen LogP contribution in [0.4, 0.5) is 5.69 Å². The first-order valence-electron chi connectivity index (χ1n) is 5.86. The van der Waals surface area contributed by atoms with Crippen molar-refractivity contribution in [3.05, 3.63) is 29.8 Å². The van der Waals surface area contributed by atoms with Gasteiger partial charge in [0.2, 0.25) is 5.91 Å². The number of hydrogen-bond acceptors (Lipinski definition) is 2. The summed E-state index contributed by atoms with van der Waals surface area (Å²) in [5.74, 6) is 0.107. The Hall–Kier alpha value is -1.35. The highest BCUT2D eigenvalue weighted by atomic mass is 16.5. The Morgan fingerprint density at radius 2 is 2.25 bits per heavy atom. The lowest BCUT2D eigenvalue weighted by molar-refractivity contribution is -0.117. The summed E-state index contributed by atoms with van der Waals surface area (Å²) in [5, 5.41) is 2.93. The Labute approximate surface area is 94.8 Å². The number of benzene rings is 1. The van der Waals surface area contributed by atoms with Crippen molar-refractivity contribution in [2.45, 2.75) is 31.3 Å². The molecule has 16 heavy (non-hydrogen) atoms. The zero-order chi connectivity index (χ0) is 11.0. The van der Waals surface area contributed by atoms with E-state index in [-0.39, 0.29) is 17.9 Å². The lowest BCUT2D eigenvalue weighted by Gasteiger charge is -2.13. The topological polar surface area (TPSA) is 38.3 Å². The van der Waals surface area contributed by atoms with Gasteiger partial charge in [0.05, 0.1) is 12.0 Å². The highest BCUT2D eigenvalue weighted by molar-refractivity contribution is 6.02. The minimum Gasteiger partial charge on any atom is -0.378 e. The SMILES string of the molecule is O=C1Nc2ccccc2C1CC1CCCO1. The molecular weight excluding hydrogens is 202 g/mol. The monoisotopic (exact) mass is 217 g/mol. The molecule has 2 aliphatic heterocycles. The van der Waals surface area contributed by atoms with E-state index in [4.69, 9.17) is 4.74 Å². The highest BCUT2D eigenvalue weighted by Gasteiger charge is 2.33. The normalized spacial score (nSPS) is 27.9. The second-order valence-electron chi connectivity index (χ2n) is 4.50. The third-order valence-corrected chi connectivity index (χ3v) is 3.43. The molecule has 1 N–H and O–H groups in total. The molecule has 1 amide bonds. The number of hydrogen-bond donors (Lipinski definition) is 1. The summed E-state index contributed by atoms with van der Waals surface area (Å²) >= 11 is 0. The maximum Gasteiger partial charge on any atom is 0.232 e. The molecule has 0 aliphatic carbocycles.